The topological polar surface area (TPSA) is 200 Å². The van der Waals surface area contributed by atoms with Crippen molar-refractivity contribution in [3.63, 3.8) is 0 Å². The molecule has 1 aliphatic rings. The van der Waals surface area contributed by atoms with E-state index in [2.05, 4.69) is 0 Å². The summed E-state index contributed by atoms with van der Waals surface area (Å²) in [6, 6.07) is 8.11. The Balaban J connectivity index is 1.70. The monoisotopic (exact) mass is 530 g/mol. The maximum Gasteiger partial charge on any atom is 0.335 e. The first-order chi connectivity index (χ1) is 17.9. The number of carbonyl (C=O) groups excluding carboxylic acids is 2. The van der Waals surface area contributed by atoms with Crippen molar-refractivity contribution in [1.29, 1.82) is 0 Å². The van der Waals surface area contributed by atoms with Crippen molar-refractivity contribution >= 4 is 30.1 Å². The zero-order chi connectivity index (χ0) is 28.0. The summed E-state index contributed by atoms with van der Waals surface area (Å²) in [5.41, 5.74) is -1.73. The molecule has 0 bridgehead atoms. The number of aliphatic hydroxyl groups is 2. The van der Waals surface area contributed by atoms with Crippen LogP contribution in [-0.2, 0) is 23.9 Å². The second kappa shape index (κ2) is 11.7. The lowest BCUT2D eigenvalue weighted by molar-refractivity contribution is -0.203. The third-order valence-corrected chi connectivity index (χ3v) is 5.80. The molecule has 0 spiro atoms. The second-order valence-electron chi connectivity index (χ2n) is 8.53. The highest BCUT2D eigenvalue weighted by molar-refractivity contribution is 5.88. The summed E-state index contributed by atoms with van der Waals surface area (Å²) >= 11 is 0. The molecule has 0 unspecified atom stereocenters. The quantitative estimate of drug-likeness (QED) is 0.163. The molecule has 4 atom stereocenters. The Morgan fingerprint density at radius 2 is 1.34 bits per heavy atom. The summed E-state index contributed by atoms with van der Waals surface area (Å²) < 4.78 is 15.2. The summed E-state index contributed by atoms with van der Waals surface area (Å²) in [4.78, 5) is 36.4. The molecule has 0 aromatic heterocycles. The summed E-state index contributed by atoms with van der Waals surface area (Å²) in [5.74, 6) is -4.39. The number of carbonyl (C=O) groups is 3. The fourth-order valence-electron chi connectivity index (χ4n) is 3.79. The summed E-state index contributed by atoms with van der Waals surface area (Å²) in [6.07, 6.45) is -1.64. The summed E-state index contributed by atoms with van der Waals surface area (Å²) in [7, 11) is 1.37. The minimum atomic E-state index is -2.47. The smallest absolute Gasteiger partial charge is 0.335 e. The van der Waals surface area contributed by atoms with Crippen molar-refractivity contribution in [2.75, 3.05) is 7.11 Å². The first-order valence-corrected chi connectivity index (χ1v) is 11.2. The largest absolute Gasteiger partial charge is 0.504 e. The Labute approximate surface area is 216 Å². The van der Waals surface area contributed by atoms with Crippen molar-refractivity contribution < 1.29 is 59.2 Å². The number of benzene rings is 2. The van der Waals surface area contributed by atoms with Crippen LogP contribution in [-0.4, -0.2) is 79.6 Å². The van der Waals surface area contributed by atoms with Crippen molar-refractivity contribution in [3.05, 3.63) is 59.7 Å². The number of methoxy groups -OCH3 is 1. The number of phenols is 3. The van der Waals surface area contributed by atoms with E-state index in [0.717, 1.165) is 12.2 Å². The number of hydrogen-bond donors (Lipinski definition) is 6. The number of ether oxygens (including phenoxy) is 3. The van der Waals surface area contributed by atoms with E-state index >= 15 is 0 Å². The van der Waals surface area contributed by atoms with Crippen LogP contribution < -0.4 is 4.74 Å². The van der Waals surface area contributed by atoms with Crippen LogP contribution in [0.2, 0.25) is 0 Å². The van der Waals surface area contributed by atoms with Gasteiger partial charge in [0.1, 0.15) is 18.3 Å². The highest BCUT2D eigenvalue weighted by Gasteiger charge is 2.52. The van der Waals surface area contributed by atoms with Gasteiger partial charge in [-0.05, 0) is 47.5 Å². The van der Waals surface area contributed by atoms with Gasteiger partial charge in [0.25, 0.3) is 0 Å². The predicted molar refractivity (Wildman–Crippen MR) is 130 cm³/mol. The summed E-state index contributed by atoms with van der Waals surface area (Å²) in [5, 5.41) is 59.4. The van der Waals surface area contributed by atoms with Crippen LogP contribution in [0.15, 0.2) is 48.6 Å². The first kappa shape index (κ1) is 28.0. The fourth-order valence-corrected chi connectivity index (χ4v) is 3.79. The van der Waals surface area contributed by atoms with Crippen LogP contribution in [0.5, 0.6) is 23.0 Å². The highest BCUT2D eigenvalue weighted by atomic mass is 16.6. The van der Waals surface area contributed by atoms with Crippen LogP contribution in [0.25, 0.3) is 12.2 Å². The van der Waals surface area contributed by atoms with E-state index in [0.29, 0.717) is 11.1 Å². The van der Waals surface area contributed by atoms with Gasteiger partial charge in [-0.3, -0.25) is 0 Å². The molecule has 0 heterocycles. The molecule has 3 rings (SSSR count). The standard InChI is InChI=1S/C26H26O12/c1-36-19-7-3-15(11-18(19)29)5-9-23(31)38-21-13-26(35,25(33)34)12-20(24(21)32)37-22(30)8-4-14-2-6-16(27)17(28)10-14/h2-11,20-21,24,27-29,32,35H,12-13H2,1H3,(H,33,34)/b8-4+,9-5+/t20-,21-,24-,26+/m1/s1. The van der Waals surface area contributed by atoms with Gasteiger partial charge in [-0.15, -0.1) is 0 Å². The van der Waals surface area contributed by atoms with Crippen molar-refractivity contribution in [2.24, 2.45) is 0 Å². The Morgan fingerprint density at radius 1 is 0.842 bits per heavy atom. The molecule has 0 radical (unpaired) electrons. The number of carboxylic acids is 1. The van der Waals surface area contributed by atoms with Crippen molar-refractivity contribution in [3.8, 4) is 23.0 Å². The van der Waals surface area contributed by atoms with E-state index in [9.17, 15) is 45.0 Å². The molecule has 1 saturated carbocycles. The summed E-state index contributed by atoms with van der Waals surface area (Å²) in [6.45, 7) is 0. The number of aromatic hydroxyl groups is 3. The van der Waals surface area contributed by atoms with Gasteiger partial charge in [-0.2, -0.15) is 0 Å². The normalized spacial score (nSPS) is 23.3. The lowest BCUT2D eigenvalue weighted by Gasteiger charge is -2.40. The number of aliphatic carboxylic acids is 1. The third-order valence-electron chi connectivity index (χ3n) is 5.80. The van der Waals surface area contributed by atoms with Crippen molar-refractivity contribution in [2.45, 2.75) is 36.8 Å². The molecule has 6 N–H and O–H groups in total. The number of rotatable bonds is 8. The van der Waals surface area contributed by atoms with E-state index in [4.69, 9.17) is 14.2 Å². The number of carboxylic acid groups (broad SMARTS) is 1. The van der Waals surface area contributed by atoms with Gasteiger partial charge in [0.15, 0.2) is 28.6 Å². The van der Waals surface area contributed by atoms with Gasteiger partial charge in [-0.1, -0.05) is 12.1 Å². The number of aliphatic hydroxyl groups excluding tert-OH is 1. The molecule has 1 fully saturated rings. The lowest BCUT2D eigenvalue weighted by Crippen LogP contribution is -2.58. The van der Waals surface area contributed by atoms with Crippen LogP contribution in [0, 0.1) is 0 Å². The average Bonchev–Trinajstić information content (AvgIpc) is 2.86. The molecule has 2 aromatic carbocycles. The molecule has 38 heavy (non-hydrogen) atoms. The maximum atomic E-state index is 12.4. The van der Waals surface area contributed by atoms with E-state index in [1.807, 2.05) is 0 Å². The number of esters is 2. The maximum absolute atomic E-state index is 12.4. The molecule has 0 aliphatic heterocycles. The van der Waals surface area contributed by atoms with Crippen LogP contribution >= 0.6 is 0 Å². The van der Waals surface area contributed by atoms with Gasteiger partial charge >= 0.3 is 17.9 Å². The molecule has 0 saturated heterocycles. The fraction of sp³-hybridized carbons (Fsp3) is 0.269. The molecular weight excluding hydrogens is 504 g/mol. The molecule has 2 aromatic rings. The van der Waals surface area contributed by atoms with Gasteiger partial charge in [0.05, 0.1) is 7.11 Å². The van der Waals surface area contributed by atoms with Crippen LogP contribution in [0.4, 0.5) is 0 Å². The van der Waals surface area contributed by atoms with E-state index in [1.54, 1.807) is 6.07 Å². The Hall–Kier alpha value is -4.55. The van der Waals surface area contributed by atoms with E-state index in [1.165, 1.54) is 49.6 Å². The first-order valence-electron chi connectivity index (χ1n) is 11.2. The number of phenolic OH excluding ortho intramolecular Hbond substituents is 3. The molecule has 202 valence electrons. The predicted octanol–water partition coefficient (Wildman–Crippen LogP) is 1.33. The Kier molecular flexibility index (Phi) is 8.61. The molecule has 0 amide bonds. The zero-order valence-electron chi connectivity index (χ0n) is 20.1. The van der Waals surface area contributed by atoms with Crippen LogP contribution in [0.1, 0.15) is 24.0 Å². The van der Waals surface area contributed by atoms with Crippen LogP contribution in [0.3, 0.4) is 0 Å². The van der Waals surface area contributed by atoms with Gasteiger partial charge < -0.3 is 44.8 Å². The van der Waals surface area contributed by atoms with Gasteiger partial charge in [-0.25, -0.2) is 14.4 Å². The number of hydrogen-bond acceptors (Lipinski definition) is 11. The van der Waals surface area contributed by atoms with E-state index in [-0.39, 0.29) is 17.2 Å². The third kappa shape index (κ3) is 6.81. The SMILES string of the molecule is COc1ccc(/C=C/C(=O)O[C@@H]2C[C@](O)(C(=O)O)C[C@@H](OC(=O)/C=C/c3ccc(O)c(O)c3)[C@H]2O)cc1O. The van der Waals surface area contributed by atoms with Crippen molar-refractivity contribution in [1.82, 2.24) is 0 Å². The highest BCUT2D eigenvalue weighted by Crippen LogP contribution is 2.33. The van der Waals surface area contributed by atoms with E-state index < -0.39 is 60.4 Å². The zero-order valence-corrected chi connectivity index (χ0v) is 20.1. The minimum Gasteiger partial charge on any atom is -0.504 e. The Morgan fingerprint density at radius 3 is 1.79 bits per heavy atom. The second-order valence-corrected chi connectivity index (χ2v) is 8.53. The minimum absolute atomic E-state index is 0.168. The molecule has 12 nitrogen and oxygen atoms in total. The van der Waals surface area contributed by atoms with Gasteiger partial charge in [0.2, 0.25) is 0 Å². The average molecular weight is 530 g/mol. The van der Waals surface area contributed by atoms with Gasteiger partial charge in [0, 0.05) is 25.0 Å². The Bertz CT molecular complexity index is 1270. The molecular formula is C26H26O12. The molecule has 1 aliphatic carbocycles. The molecule has 12 heteroatoms. The lowest BCUT2D eigenvalue weighted by atomic mass is 9.79.